The first-order valence-corrected chi connectivity index (χ1v) is 21.8. The van der Waals surface area contributed by atoms with Crippen LogP contribution in [0.4, 0.5) is 17.1 Å². The van der Waals surface area contributed by atoms with Crippen molar-refractivity contribution in [1.29, 1.82) is 0 Å². The van der Waals surface area contributed by atoms with Crippen LogP contribution in [0.1, 0.15) is 123 Å². The Morgan fingerprint density at radius 2 is 1.02 bits per heavy atom. The van der Waals surface area contributed by atoms with Crippen molar-refractivity contribution in [3.05, 3.63) is 147 Å². The molecule has 0 aromatic heterocycles. The van der Waals surface area contributed by atoms with Crippen molar-refractivity contribution in [2.24, 2.45) is 0 Å². The van der Waals surface area contributed by atoms with Crippen molar-refractivity contribution in [1.82, 2.24) is 0 Å². The molecular formula is C54H55B2N. The molecule has 1 fully saturated rings. The summed E-state index contributed by atoms with van der Waals surface area (Å²) in [7, 11) is 0. The van der Waals surface area contributed by atoms with Crippen LogP contribution in [-0.4, -0.2) is 13.4 Å². The minimum absolute atomic E-state index is 0.00751. The fourth-order valence-electron chi connectivity index (χ4n) is 12.6. The molecule has 0 saturated heterocycles. The molecule has 2 bridgehead atoms. The van der Waals surface area contributed by atoms with Gasteiger partial charge in [0.2, 0.25) is 13.4 Å². The molecule has 6 aliphatic rings. The summed E-state index contributed by atoms with van der Waals surface area (Å²) in [5.41, 5.74) is 29.6. The maximum Gasteiger partial charge on any atom is 0.247 e. The quantitative estimate of drug-likeness (QED) is 0.163. The normalized spacial score (nSPS) is 19.6. The van der Waals surface area contributed by atoms with E-state index >= 15 is 0 Å². The summed E-state index contributed by atoms with van der Waals surface area (Å²) in [6.45, 7) is 24.2. The van der Waals surface area contributed by atoms with E-state index in [2.05, 4.69) is 171 Å². The molecule has 1 saturated carbocycles. The van der Waals surface area contributed by atoms with Gasteiger partial charge in [0, 0.05) is 22.5 Å². The van der Waals surface area contributed by atoms with Crippen molar-refractivity contribution < 1.29 is 0 Å². The highest BCUT2D eigenvalue weighted by atomic mass is 15.2. The van der Waals surface area contributed by atoms with Crippen LogP contribution in [0.5, 0.6) is 0 Å². The summed E-state index contributed by atoms with van der Waals surface area (Å²) in [6.07, 6.45) is 4.98. The maximum atomic E-state index is 2.87. The van der Waals surface area contributed by atoms with E-state index in [1.54, 1.807) is 16.7 Å². The molecule has 1 spiro atoms. The highest BCUT2D eigenvalue weighted by Gasteiger charge is 2.58. The second kappa shape index (κ2) is 11.7. The van der Waals surface area contributed by atoms with Crippen LogP contribution in [0, 0.1) is 27.7 Å². The Morgan fingerprint density at radius 3 is 1.53 bits per heavy atom. The number of benzene rings is 6. The Kier molecular flexibility index (Phi) is 7.26. The van der Waals surface area contributed by atoms with Crippen molar-refractivity contribution in [3.8, 4) is 11.1 Å². The van der Waals surface area contributed by atoms with Crippen LogP contribution >= 0.6 is 0 Å². The number of anilines is 3. The molecule has 3 heteroatoms. The smallest absolute Gasteiger partial charge is 0.247 e. The molecule has 1 nitrogen and oxygen atoms in total. The van der Waals surface area contributed by atoms with Crippen molar-refractivity contribution in [2.75, 3.05) is 4.90 Å². The summed E-state index contributed by atoms with van der Waals surface area (Å²) in [6, 6.07) is 38.8. The van der Waals surface area contributed by atoms with E-state index in [1.165, 1.54) is 120 Å². The van der Waals surface area contributed by atoms with Crippen molar-refractivity contribution in [2.45, 2.75) is 117 Å². The third-order valence-electron chi connectivity index (χ3n) is 15.3. The van der Waals surface area contributed by atoms with Crippen LogP contribution in [0.2, 0.25) is 0 Å². The molecular weight excluding hydrogens is 684 g/mol. The van der Waals surface area contributed by atoms with E-state index < -0.39 is 0 Å². The molecule has 0 N–H and O–H groups in total. The summed E-state index contributed by atoms with van der Waals surface area (Å²) in [4.78, 5) is 2.87. The molecule has 282 valence electrons. The zero-order valence-corrected chi connectivity index (χ0v) is 35.7. The largest absolute Gasteiger partial charge is 0.312 e. The lowest BCUT2D eigenvalue weighted by atomic mass is 9.28. The molecule has 6 aromatic carbocycles. The van der Waals surface area contributed by atoms with Gasteiger partial charge in [-0.1, -0.05) is 172 Å². The molecule has 0 amide bonds. The Morgan fingerprint density at radius 1 is 0.544 bits per heavy atom. The molecule has 12 rings (SSSR count). The van der Waals surface area contributed by atoms with Gasteiger partial charge in [0.05, 0.1) is 0 Å². The zero-order valence-electron chi connectivity index (χ0n) is 35.7. The molecule has 57 heavy (non-hydrogen) atoms. The third-order valence-corrected chi connectivity index (χ3v) is 15.3. The van der Waals surface area contributed by atoms with Gasteiger partial charge < -0.3 is 4.90 Å². The molecule has 0 atom stereocenters. The van der Waals surface area contributed by atoms with Crippen molar-refractivity contribution >= 4 is 63.3 Å². The number of nitrogens with zero attached hydrogens (tertiary/aromatic N) is 1. The van der Waals surface area contributed by atoms with Gasteiger partial charge in [-0.25, -0.2) is 0 Å². The van der Waals surface area contributed by atoms with E-state index in [9.17, 15) is 0 Å². The van der Waals surface area contributed by atoms with Gasteiger partial charge in [0.1, 0.15) is 0 Å². The molecule has 0 radical (unpaired) electrons. The van der Waals surface area contributed by atoms with Crippen LogP contribution in [0.3, 0.4) is 0 Å². The zero-order chi connectivity index (χ0) is 39.5. The second-order valence-electron chi connectivity index (χ2n) is 20.7. The molecule has 3 aliphatic heterocycles. The molecule has 0 unspecified atom stereocenters. The Labute approximate surface area is 342 Å². The molecule has 3 heterocycles. The first-order valence-electron chi connectivity index (χ1n) is 21.8. The van der Waals surface area contributed by atoms with Gasteiger partial charge in [0.25, 0.3) is 0 Å². The van der Waals surface area contributed by atoms with E-state index in [4.69, 9.17) is 0 Å². The fourth-order valence-corrected chi connectivity index (χ4v) is 12.6. The average Bonchev–Trinajstić information content (AvgIpc) is 3.18. The Hall–Kier alpha value is -4.75. The lowest BCUT2D eigenvalue weighted by Gasteiger charge is -2.59. The van der Waals surface area contributed by atoms with Crippen LogP contribution in [0.25, 0.3) is 11.1 Å². The summed E-state index contributed by atoms with van der Waals surface area (Å²) in [5.74, 6) is 0.587. The summed E-state index contributed by atoms with van der Waals surface area (Å²) < 4.78 is 0. The van der Waals surface area contributed by atoms with E-state index in [0.717, 1.165) is 0 Å². The highest BCUT2D eigenvalue weighted by Crippen LogP contribution is 2.66. The summed E-state index contributed by atoms with van der Waals surface area (Å²) >= 11 is 0. The maximum absolute atomic E-state index is 2.87. The van der Waals surface area contributed by atoms with Gasteiger partial charge in [-0.2, -0.15) is 0 Å². The number of hydrogen-bond acceptors (Lipinski definition) is 1. The number of aryl methyl sites for hydroxylation is 4. The van der Waals surface area contributed by atoms with Gasteiger partial charge >= 0.3 is 0 Å². The number of hydrogen-bond donors (Lipinski definition) is 0. The van der Waals surface area contributed by atoms with Gasteiger partial charge in [0.15, 0.2) is 0 Å². The number of fused-ring (bicyclic) bond motifs is 2. The molecule has 3 aliphatic carbocycles. The third kappa shape index (κ3) is 4.66. The van der Waals surface area contributed by atoms with E-state index in [0.29, 0.717) is 5.92 Å². The highest BCUT2D eigenvalue weighted by molar-refractivity contribution is 7.02. The fraction of sp³-hybridized carbons (Fsp3) is 0.333. The predicted molar refractivity (Wildman–Crippen MR) is 247 cm³/mol. The lowest BCUT2D eigenvalue weighted by molar-refractivity contribution is 0.279. The number of rotatable bonds is 3. The SMILES string of the molecule is Cc1cccc(C)c1B1c2cc(C(C)(C)C)cc3c2N2c4c1cc(C(C)(C)C)cc4C14CCC(CC1)c1c(-c5ccccc5)cc(c2c14)B3c1c(C)cccc1C. The van der Waals surface area contributed by atoms with Crippen molar-refractivity contribution in [3.63, 3.8) is 0 Å². The van der Waals surface area contributed by atoms with Gasteiger partial charge in [-0.3, -0.25) is 0 Å². The topological polar surface area (TPSA) is 3.24 Å². The lowest BCUT2D eigenvalue weighted by Crippen LogP contribution is -2.68. The Balaban J connectivity index is 1.39. The minimum atomic E-state index is -0.0304. The van der Waals surface area contributed by atoms with Gasteiger partial charge in [-0.05, 0) is 131 Å². The predicted octanol–water partition coefficient (Wildman–Crippen LogP) is 9.58. The van der Waals surface area contributed by atoms with Gasteiger partial charge in [-0.15, -0.1) is 0 Å². The monoisotopic (exact) mass is 739 g/mol. The van der Waals surface area contributed by atoms with Crippen LogP contribution < -0.4 is 37.7 Å². The van der Waals surface area contributed by atoms with Crippen LogP contribution in [-0.2, 0) is 16.2 Å². The standard InChI is InChI=1S/C54H55B2N/c1-31-16-14-17-32(2)47(31)55-41-27-37(52(5,6)7)26-40-49(41)57-50-42(55)28-38(53(8,9)10)29-43(50)56(48-33(3)18-15-19-34(48)4)44-30-39(35-20-12-11-13-21-35)45-36-22-24-54(40,25-23-36)46(45)51(44)57/h11-21,26-30,36H,22-25H2,1-10H3. The first kappa shape index (κ1) is 35.4. The van der Waals surface area contributed by atoms with Crippen LogP contribution in [0.15, 0.2) is 97.1 Å². The van der Waals surface area contributed by atoms with E-state index in [1.807, 2.05) is 0 Å². The second-order valence-corrected chi connectivity index (χ2v) is 20.7. The summed E-state index contributed by atoms with van der Waals surface area (Å²) in [5, 5.41) is 0. The average molecular weight is 740 g/mol. The van der Waals surface area contributed by atoms with E-state index in [-0.39, 0.29) is 29.7 Å². The molecule has 6 aromatic rings. The first-order chi connectivity index (χ1) is 27.2. The minimum Gasteiger partial charge on any atom is -0.312 e. The Bertz CT molecular complexity index is 2670.